The van der Waals surface area contributed by atoms with Crippen LogP contribution in [-0.4, -0.2) is 5.91 Å². The second-order valence-electron chi connectivity index (χ2n) is 4.98. The molecule has 0 bridgehead atoms. The summed E-state index contributed by atoms with van der Waals surface area (Å²) in [5.41, 5.74) is 2.25. The van der Waals surface area contributed by atoms with Crippen molar-refractivity contribution in [1.29, 1.82) is 0 Å². The minimum atomic E-state index is -0.450. The van der Waals surface area contributed by atoms with Crippen LogP contribution in [0.25, 0.3) is 0 Å². The van der Waals surface area contributed by atoms with Crippen LogP contribution in [0.2, 0.25) is 5.02 Å². The molecule has 0 aliphatic carbocycles. The normalized spacial score (nSPS) is 10.5. The van der Waals surface area contributed by atoms with Gasteiger partial charge in [0.05, 0.1) is 5.02 Å². The molecule has 0 saturated heterocycles. The summed E-state index contributed by atoms with van der Waals surface area (Å²) >= 11 is 5.73. The predicted molar refractivity (Wildman–Crippen MR) is 84.6 cm³/mol. The van der Waals surface area contributed by atoms with Crippen molar-refractivity contribution >= 4 is 34.6 Å². The highest BCUT2D eigenvalue weighted by Gasteiger charge is 2.07. The van der Waals surface area contributed by atoms with Crippen LogP contribution in [-0.2, 0) is 4.79 Å². The van der Waals surface area contributed by atoms with E-state index < -0.39 is 5.82 Å². The molecule has 3 nitrogen and oxygen atoms in total. The molecule has 2 aromatic rings. The van der Waals surface area contributed by atoms with E-state index in [-0.39, 0.29) is 16.8 Å². The Balaban J connectivity index is 2.05. The van der Waals surface area contributed by atoms with Crippen LogP contribution in [0.1, 0.15) is 13.8 Å². The summed E-state index contributed by atoms with van der Waals surface area (Å²) in [6, 6.07) is 11.7. The van der Waals surface area contributed by atoms with Crippen molar-refractivity contribution in [3.63, 3.8) is 0 Å². The van der Waals surface area contributed by atoms with E-state index >= 15 is 0 Å². The van der Waals surface area contributed by atoms with Gasteiger partial charge in [0.2, 0.25) is 5.91 Å². The number of benzene rings is 2. The van der Waals surface area contributed by atoms with E-state index in [9.17, 15) is 9.18 Å². The molecular formula is C16H16ClFN2O. The lowest BCUT2D eigenvalue weighted by atomic mass is 10.2. The molecule has 0 spiro atoms. The summed E-state index contributed by atoms with van der Waals surface area (Å²) in [7, 11) is 0. The maximum absolute atomic E-state index is 13.1. The third kappa shape index (κ3) is 4.20. The van der Waals surface area contributed by atoms with Crippen molar-refractivity contribution in [2.45, 2.75) is 13.8 Å². The highest BCUT2D eigenvalue weighted by Crippen LogP contribution is 2.23. The number of carbonyl (C=O) groups is 1. The lowest BCUT2D eigenvalue weighted by molar-refractivity contribution is -0.118. The Kier molecular flexibility index (Phi) is 4.81. The van der Waals surface area contributed by atoms with Gasteiger partial charge in [-0.3, -0.25) is 4.79 Å². The first kappa shape index (κ1) is 15.3. The van der Waals surface area contributed by atoms with Gasteiger partial charge in [-0.2, -0.15) is 0 Å². The molecule has 0 aliphatic heterocycles. The summed E-state index contributed by atoms with van der Waals surface area (Å²) in [4.78, 5) is 11.6. The third-order valence-corrected chi connectivity index (χ3v) is 3.17. The van der Waals surface area contributed by atoms with Gasteiger partial charge in [-0.25, -0.2) is 4.39 Å². The molecular weight excluding hydrogens is 291 g/mol. The van der Waals surface area contributed by atoms with E-state index in [0.717, 1.165) is 11.4 Å². The molecule has 2 aromatic carbocycles. The summed E-state index contributed by atoms with van der Waals surface area (Å²) in [6.45, 7) is 3.67. The topological polar surface area (TPSA) is 41.1 Å². The zero-order valence-corrected chi connectivity index (χ0v) is 12.5. The van der Waals surface area contributed by atoms with Gasteiger partial charge in [0.1, 0.15) is 5.82 Å². The van der Waals surface area contributed by atoms with Crippen LogP contribution in [0.4, 0.5) is 21.5 Å². The second-order valence-corrected chi connectivity index (χ2v) is 5.38. The van der Waals surface area contributed by atoms with Crippen molar-refractivity contribution in [1.82, 2.24) is 0 Å². The molecule has 2 rings (SSSR count). The summed E-state index contributed by atoms with van der Waals surface area (Å²) in [6.07, 6.45) is 0. The van der Waals surface area contributed by atoms with E-state index in [1.807, 2.05) is 26.0 Å². The smallest absolute Gasteiger partial charge is 0.226 e. The molecule has 0 aromatic heterocycles. The fraction of sp³-hybridized carbons (Fsp3) is 0.188. The van der Waals surface area contributed by atoms with E-state index in [1.165, 1.54) is 12.1 Å². The van der Waals surface area contributed by atoms with E-state index in [4.69, 9.17) is 11.6 Å². The summed E-state index contributed by atoms with van der Waals surface area (Å²) in [5, 5.41) is 5.99. The molecule has 0 aliphatic rings. The van der Waals surface area contributed by atoms with Gasteiger partial charge in [-0.1, -0.05) is 25.4 Å². The summed E-state index contributed by atoms with van der Waals surface area (Å²) in [5.74, 6) is -0.542. The van der Waals surface area contributed by atoms with E-state index in [1.54, 1.807) is 18.2 Å². The van der Waals surface area contributed by atoms with Crippen molar-refractivity contribution < 1.29 is 9.18 Å². The minimum absolute atomic E-state index is 0.0268. The molecule has 5 heteroatoms. The number of nitrogens with one attached hydrogen (secondary N) is 2. The average Bonchev–Trinajstić information content (AvgIpc) is 2.45. The van der Waals surface area contributed by atoms with Crippen molar-refractivity contribution in [3.8, 4) is 0 Å². The first-order valence-electron chi connectivity index (χ1n) is 6.58. The number of carbonyl (C=O) groups excluding carboxylic acids is 1. The van der Waals surface area contributed by atoms with Gasteiger partial charge >= 0.3 is 0 Å². The SMILES string of the molecule is CC(C)C(=O)Nc1ccc(Nc2ccc(F)c(Cl)c2)cc1. The van der Waals surface area contributed by atoms with Gasteiger partial charge in [-0.15, -0.1) is 0 Å². The number of rotatable bonds is 4. The fourth-order valence-electron chi connectivity index (χ4n) is 1.66. The largest absolute Gasteiger partial charge is 0.355 e. The van der Waals surface area contributed by atoms with Gasteiger partial charge in [0.25, 0.3) is 0 Å². The Labute approximate surface area is 128 Å². The number of hydrogen-bond donors (Lipinski definition) is 2. The highest BCUT2D eigenvalue weighted by atomic mass is 35.5. The summed E-state index contributed by atoms with van der Waals surface area (Å²) < 4.78 is 13.1. The Hall–Kier alpha value is -2.07. The predicted octanol–water partition coefficient (Wildman–Crippen LogP) is 4.82. The Morgan fingerprint density at radius 1 is 1.05 bits per heavy atom. The van der Waals surface area contributed by atoms with Crippen LogP contribution in [0.3, 0.4) is 0 Å². The second kappa shape index (κ2) is 6.59. The number of amides is 1. The molecule has 0 atom stereocenters. The number of hydrogen-bond acceptors (Lipinski definition) is 2. The van der Waals surface area contributed by atoms with Gasteiger partial charge in [0.15, 0.2) is 0 Å². The molecule has 0 heterocycles. The molecule has 1 amide bonds. The van der Waals surface area contributed by atoms with Crippen LogP contribution in [0.15, 0.2) is 42.5 Å². The standard InChI is InChI=1S/C16H16ClFN2O/c1-10(2)16(21)20-12-5-3-11(4-6-12)19-13-7-8-15(18)14(17)9-13/h3-10,19H,1-2H3,(H,20,21). The lowest BCUT2D eigenvalue weighted by Crippen LogP contribution is -2.17. The van der Waals surface area contributed by atoms with Gasteiger partial charge in [-0.05, 0) is 42.5 Å². The first-order chi connectivity index (χ1) is 9.95. The number of halogens is 2. The monoisotopic (exact) mass is 306 g/mol. The average molecular weight is 307 g/mol. The van der Waals surface area contributed by atoms with E-state index in [2.05, 4.69) is 10.6 Å². The quantitative estimate of drug-likeness (QED) is 0.850. The molecule has 110 valence electrons. The van der Waals surface area contributed by atoms with Gasteiger partial charge in [0, 0.05) is 23.0 Å². The molecule has 0 radical (unpaired) electrons. The maximum Gasteiger partial charge on any atom is 0.226 e. The molecule has 0 fully saturated rings. The maximum atomic E-state index is 13.1. The van der Waals surface area contributed by atoms with Crippen LogP contribution in [0.5, 0.6) is 0 Å². The van der Waals surface area contributed by atoms with Crippen molar-refractivity contribution in [2.75, 3.05) is 10.6 Å². The first-order valence-corrected chi connectivity index (χ1v) is 6.96. The lowest BCUT2D eigenvalue weighted by Gasteiger charge is -2.10. The van der Waals surface area contributed by atoms with Crippen LogP contribution >= 0.6 is 11.6 Å². The van der Waals surface area contributed by atoms with Crippen molar-refractivity contribution in [3.05, 3.63) is 53.3 Å². The molecule has 0 saturated carbocycles. The zero-order chi connectivity index (χ0) is 15.4. The minimum Gasteiger partial charge on any atom is -0.355 e. The van der Waals surface area contributed by atoms with Crippen LogP contribution in [0, 0.1) is 11.7 Å². The zero-order valence-electron chi connectivity index (χ0n) is 11.8. The van der Waals surface area contributed by atoms with Gasteiger partial charge < -0.3 is 10.6 Å². The Morgan fingerprint density at radius 3 is 2.19 bits per heavy atom. The fourth-order valence-corrected chi connectivity index (χ4v) is 1.84. The molecule has 0 unspecified atom stereocenters. The molecule has 21 heavy (non-hydrogen) atoms. The Morgan fingerprint density at radius 2 is 1.62 bits per heavy atom. The van der Waals surface area contributed by atoms with Crippen LogP contribution < -0.4 is 10.6 Å². The van der Waals surface area contributed by atoms with E-state index in [0.29, 0.717) is 5.69 Å². The van der Waals surface area contributed by atoms with Crippen molar-refractivity contribution in [2.24, 2.45) is 5.92 Å². The Bertz CT molecular complexity index is 641. The number of anilines is 3. The highest BCUT2D eigenvalue weighted by molar-refractivity contribution is 6.31. The third-order valence-electron chi connectivity index (χ3n) is 2.89. The molecule has 2 N–H and O–H groups in total.